The van der Waals surface area contributed by atoms with Crippen LogP contribution in [0, 0.1) is 0 Å². The van der Waals surface area contributed by atoms with Gasteiger partial charge in [-0.2, -0.15) is 0 Å². The first-order chi connectivity index (χ1) is 10.1. The Balaban J connectivity index is 2.00. The molecule has 2 atom stereocenters. The highest BCUT2D eigenvalue weighted by Crippen LogP contribution is 2.35. The number of hydrogen-bond acceptors (Lipinski definition) is 3. The Bertz CT molecular complexity index is 538. The summed E-state index contributed by atoms with van der Waals surface area (Å²) >= 11 is 0. The molecule has 112 valence electrons. The van der Waals surface area contributed by atoms with Gasteiger partial charge in [-0.25, -0.2) is 0 Å². The van der Waals surface area contributed by atoms with Crippen molar-refractivity contribution in [3.8, 4) is 0 Å². The molecule has 0 aromatic heterocycles. The largest absolute Gasteiger partial charge is 0.379 e. The van der Waals surface area contributed by atoms with Crippen LogP contribution >= 0.6 is 0 Å². The van der Waals surface area contributed by atoms with Crippen LogP contribution in [-0.2, 0) is 14.3 Å². The van der Waals surface area contributed by atoms with Crippen LogP contribution in [0.25, 0.3) is 0 Å². The smallest absolute Gasteiger partial charge is 0.247 e. The minimum atomic E-state index is -0.570. The van der Waals surface area contributed by atoms with Gasteiger partial charge in [0.25, 0.3) is 0 Å². The first-order valence-electron chi connectivity index (χ1n) is 7.34. The second-order valence-electron chi connectivity index (χ2n) is 5.95. The summed E-state index contributed by atoms with van der Waals surface area (Å²) in [4.78, 5) is 26.6. The molecular weight excluding hydrogens is 268 g/mol. The van der Waals surface area contributed by atoms with E-state index in [1.54, 1.807) is 4.90 Å². The van der Waals surface area contributed by atoms with Crippen LogP contribution < -0.4 is 5.32 Å². The van der Waals surface area contributed by atoms with E-state index in [-0.39, 0.29) is 18.4 Å². The molecule has 5 heteroatoms. The Kier molecular flexibility index (Phi) is 3.68. The van der Waals surface area contributed by atoms with Gasteiger partial charge in [0, 0.05) is 6.61 Å². The molecule has 2 amide bonds. The topological polar surface area (TPSA) is 58.6 Å². The Morgan fingerprint density at radius 1 is 1.29 bits per heavy atom. The summed E-state index contributed by atoms with van der Waals surface area (Å²) in [5.41, 5.74) is 0.419. The summed E-state index contributed by atoms with van der Waals surface area (Å²) in [7, 11) is 0. The number of rotatable bonds is 2. The van der Waals surface area contributed by atoms with Crippen LogP contribution in [-0.4, -0.2) is 42.0 Å². The lowest BCUT2D eigenvalue weighted by Crippen LogP contribution is -2.63. The van der Waals surface area contributed by atoms with E-state index in [0.29, 0.717) is 6.61 Å². The number of hydrogen-bond donors (Lipinski definition) is 1. The van der Waals surface area contributed by atoms with Crippen molar-refractivity contribution in [2.24, 2.45) is 0 Å². The molecule has 5 nitrogen and oxygen atoms in total. The number of nitrogens with zero attached hydrogens (tertiary/aromatic N) is 1. The van der Waals surface area contributed by atoms with Crippen molar-refractivity contribution < 1.29 is 14.3 Å². The lowest BCUT2D eigenvalue weighted by atomic mass is 9.88. The summed E-state index contributed by atoms with van der Waals surface area (Å²) in [5, 5.41) is 2.70. The lowest BCUT2D eigenvalue weighted by Gasteiger charge is -2.48. The van der Waals surface area contributed by atoms with E-state index in [2.05, 4.69) is 5.32 Å². The van der Waals surface area contributed by atoms with Gasteiger partial charge in [-0.1, -0.05) is 30.3 Å². The maximum Gasteiger partial charge on any atom is 0.247 e. The van der Waals surface area contributed by atoms with Gasteiger partial charge in [0.15, 0.2) is 0 Å². The highest BCUT2D eigenvalue weighted by atomic mass is 16.5. The summed E-state index contributed by atoms with van der Waals surface area (Å²) in [6.07, 6.45) is 1.76. The molecular formula is C16H20N2O3. The Morgan fingerprint density at radius 2 is 2.05 bits per heavy atom. The zero-order valence-electron chi connectivity index (χ0n) is 12.2. The number of nitrogens with one attached hydrogen (secondary N) is 1. The van der Waals surface area contributed by atoms with Crippen LogP contribution in [0.15, 0.2) is 30.3 Å². The van der Waals surface area contributed by atoms with Gasteiger partial charge in [0.2, 0.25) is 11.8 Å². The van der Waals surface area contributed by atoms with E-state index in [1.165, 1.54) is 0 Å². The quantitative estimate of drug-likeness (QED) is 0.891. The summed E-state index contributed by atoms with van der Waals surface area (Å²) in [6, 6.07) is 8.89. The maximum absolute atomic E-state index is 12.5. The lowest BCUT2D eigenvalue weighted by molar-refractivity contribution is -0.159. The van der Waals surface area contributed by atoms with Crippen molar-refractivity contribution in [2.75, 3.05) is 19.8 Å². The van der Waals surface area contributed by atoms with Crippen molar-refractivity contribution in [2.45, 2.75) is 31.3 Å². The molecule has 1 aromatic rings. The van der Waals surface area contributed by atoms with Crippen LogP contribution in [0.5, 0.6) is 0 Å². The van der Waals surface area contributed by atoms with Gasteiger partial charge >= 0.3 is 0 Å². The van der Waals surface area contributed by atoms with Crippen molar-refractivity contribution in [3.63, 3.8) is 0 Å². The highest BCUT2D eigenvalue weighted by Gasteiger charge is 2.46. The number of ether oxygens (including phenoxy) is 1. The van der Waals surface area contributed by atoms with Gasteiger partial charge in [0.05, 0.1) is 18.7 Å². The van der Waals surface area contributed by atoms with E-state index in [0.717, 1.165) is 25.0 Å². The normalized spacial score (nSPS) is 30.1. The van der Waals surface area contributed by atoms with Gasteiger partial charge in [-0.15, -0.1) is 0 Å². The first-order valence-corrected chi connectivity index (χ1v) is 7.34. The van der Waals surface area contributed by atoms with Gasteiger partial charge < -0.3 is 15.0 Å². The molecule has 2 aliphatic heterocycles. The first kappa shape index (κ1) is 14.1. The van der Waals surface area contributed by atoms with Crippen LogP contribution in [0.1, 0.15) is 31.4 Å². The average molecular weight is 288 g/mol. The van der Waals surface area contributed by atoms with E-state index in [4.69, 9.17) is 4.74 Å². The van der Waals surface area contributed by atoms with Crippen molar-refractivity contribution in [3.05, 3.63) is 35.9 Å². The van der Waals surface area contributed by atoms with Crippen LogP contribution in [0.4, 0.5) is 0 Å². The minimum absolute atomic E-state index is 0.0450. The van der Waals surface area contributed by atoms with Gasteiger partial charge in [0.1, 0.15) is 6.04 Å². The van der Waals surface area contributed by atoms with Crippen LogP contribution in [0.2, 0.25) is 0 Å². The molecule has 2 unspecified atom stereocenters. The highest BCUT2D eigenvalue weighted by molar-refractivity contribution is 5.96. The number of piperazine rings is 1. The second kappa shape index (κ2) is 5.48. The Labute approximate surface area is 124 Å². The summed E-state index contributed by atoms with van der Waals surface area (Å²) < 4.78 is 5.58. The molecule has 2 heterocycles. The molecule has 0 spiro atoms. The summed E-state index contributed by atoms with van der Waals surface area (Å²) in [6.45, 7) is 3.28. The predicted molar refractivity (Wildman–Crippen MR) is 77.5 cm³/mol. The molecule has 2 saturated heterocycles. The van der Waals surface area contributed by atoms with Crippen molar-refractivity contribution in [1.82, 2.24) is 10.2 Å². The van der Waals surface area contributed by atoms with E-state index in [1.807, 2.05) is 37.3 Å². The number of carbonyl (C=O) groups excluding carboxylic acids is 2. The Hall–Kier alpha value is -1.88. The molecule has 1 aromatic carbocycles. The zero-order valence-corrected chi connectivity index (χ0v) is 12.2. The third-order valence-corrected chi connectivity index (χ3v) is 4.30. The monoisotopic (exact) mass is 288 g/mol. The fourth-order valence-electron chi connectivity index (χ4n) is 3.26. The second-order valence-corrected chi connectivity index (χ2v) is 5.95. The number of amides is 2. The molecule has 0 saturated carbocycles. The third kappa shape index (κ3) is 2.53. The number of benzene rings is 1. The van der Waals surface area contributed by atoms with Crippen LogP contribution in [0.3, 0.4) is 0 Å². The maximum atomic E-state index is 12.5. The average Bonchev–Trinajstić information content (AvgIpc) is 2.51. The van der Waals surface area contributed by atoms with Crippen molar-refractivity contribution in [1.29, 1.82) is 0 Å². The minimum Gasteiger partial charge on any atom is -0.379 e. The SMILES string of the molecule is CC1(N2C(=O)CNC(=O)C2c2ccccc2)CCCOC1. The van der Waals surface area contributed by atoms with E-state index < -0.39 is 11.6 Å². The molecule has 0 aliphatic carbocycles. The molecule has 2 aliphatic rings. The standard InChI is InChI=1S/C16H20N2O3/c1-16(8-5-9-21-11-16)18-13(19)10-17-15(20)14(18)12-6-3-2-4-7-12/h2-4,6-7,14H,5,8-11H2,1H3,(H,17,20). The summed E-state index contributed by atoms with van der Waals surface area (Å²) in [5.74, 6) is -0.163. The molecule has 21 heavy (non-hydrogen) atoms. The molecule has 2 fully saturated rings. The van der Waals surface area contributed by atoms with Gasteiger partial charge in [-0.05, 0) is 25.3 Å². The molecule has 1 N–H and O–H groups in total. The van der Waals surface area contributed by atoms with Crippen molar-refractivity contribution >= 4 is 11.8 Å². The molecule has 3 rings (SSSR count). The number of carbonyl (C=O) groups is 2. The fourth-order valence-corrected chi connectivity index (χ4v) is 3.26. The Morgan fingerprint density at radius 3 is 2.71 bits per heavy atom. The molecule has 0 radical (unpaired) electrons. The van der Waals surface area contributed by atoms with Gasteiger partial charge in [-0.3, -0.25) is 9.59 Å². The molecule has 0 bridgehead atoms. The predicted octanol–water partition coefficient (Wildman–Crippen LogP) is 1.26. The van der Waals surface area contributed by atoms with E-state index in [9.17, 15) is 9.59 Å². The third-order valence-electron chi connectivity index (χ3n) is 4.30. The zero-order chi connectivity index (χ0) is 14.9. The fraction of sp³-hybridized carbons (Fsp3) is 0.500. The van der Waals surface area contributed by atoms with E-state index >= 15 is 0 Å².